The summed E-state index contributed by atoms with van der Waals surface area (Å²) in [4.78, 5) is 25.5. The molecule has 1 saturated heterocycles. The van der Waals surface area contributed by atoms with Crippen molar-refractivity contribution >= 4 is 41.0 Å². The van der Waals surface area contributed by atoms with Crippen molar-refractivity contribution in [3.05, 3.63) is 39.9 Å². The average Bonchev–Trinajstić information content (AvgIpc) is 2.63. The zero-order valence-electron chi connectivity index (χ0n) is 11.8. The van der Waals surface area contributed by atoms with Gasteiger partial charge in [-0.05, 0) is 30.2 Å². The Morgan fingerprint density at radius 1 is 1.29 bits per heavy atom. The highest BCUT2D eigenvalue weighted by Gasteiger charge is 2.22. The van der Waals surface area contributed by atoms with E-state index in [4.69, 9.17) is 23.2 Å². The molecular formula is C16H17Cl2NO2. The molecule has 1 aliphatic rings. The van der Waals surface area contributed by atoms with Gasteiger partial charge in [-0.1, -0.05) is 36.2 Å². The van der Waals surface area contributed by atoms with Crippen LogP contribution < -0.4 is 0 Å². The van der Waals surface area contributed by atoms with Gasteiger partial charge in [0.15, 0.2) is 0 Å². The molecule has 1 atom stereocenters. The number of carbonyl (C=O) groups excluding carboxylic acids is 2. The molecule has 1 fully saturated rings. The number of Topliss-reactive ketones (excluding diaryl/α,β-unsaturated/α-hetero) is 1. The zero-order valence-corrected chi connectivity index (χ0v) is 13.3. The Morgan fingerprint density at radius 2 is 2.05 bits per heavy atom. The first-order chi connectivity index (χ1) is 9.97. The summed E-state index contributed by atoms with van der Waals surface area (Å²) < 4.78 is 0. The summed E-state index contributed by atoms with van der Waals surface area (Å²) in [5, 5.41) is 0.945. The van der Waals surface area contributed by atoms with Crippen LogP contribution in [-0.4, -0.2) is 29.7 Å². The normalized spacial score (nSPS) is 19.9. The number of amides is 1. The van der Waals surface area contributed by atoms with Crippen molar-refractivity contribution in [3.63, 3.8) is 0 Å². The van der Waals surface area contributed by atoms with E-state index in [1.165, 1.54) is 6.08 Å². The molecule has 21 heavy (non-hydrogen) atoms. The van der Waals surface area contributed by atoms with Gasteiger partial charge in [0.05, 0.1) is 10.0 Å². The number of ketones is 1. The molecule has 2 rings (SSSR count). The summed E-state index contributed by atoms with van der Waals surface area (Å²) in [5.74, 6) is 0.198. The van der Waals surface area contributed by atoms with Gasteiger partial charge in [-0.3, -0.25) is 9.59 Å². The first kappa shape index (κ1) is 16.1. The van der Waals surface area contributed by atoms with Gasteiger partial charge < -0.3 is 4.90 Å². The number of hydrogen-bond donors (Lipinski definition) is 0. The van der Waals surface area contributed by atoms with Crippen LogP contribution in [0.25, 0.3) is 6.08 Å². The lowest BCUT2D eigenvalue weighted by molar-refractivity contribution is -0.126. The van der Waals surface area contributed by atoms with Gasteiger partial charge in [-0.2, -0.15) is 0 Å². The Bertz CT molecular complexity index is 584. The summed E-state index contributed by atoms with van der Waals surface area (Å²) in [6.45, 7) is 3.03. The molecule has 1 amide bonds. The fourth-order valence-corrected chi connectivity index (χ4v) is 2.53. The van der Waals surface area contributed by atoms with Crippen molar-refractivity contribution in [1.29, 1.82) is 0 Å². The number of likely N-dealkylation sites (tertiary alicyclic amines) is 1. The predicted octanol–water partition coefficient (Wildman–Crippen LogP) is 3.83. The van der Waals surface area contributed by atoms with Crippen LogP contribution in [-0.2, 0) is 9.59 Å². The average molecular weight is 326 g/mol. The van der Waals surface area contributed by atoms with Gasteiger partial charge in [0.1, 0.15) is 5.78 Å². The maximum atomic E-state index is 12.2. The third-order valence-electron chi connectivity index (χ3n) is 3.68. The maximum Gasteiger partial charge on any atom is 0.246 e. The monoisotopic (exact) mass is 325 g/mol. The highest BCUT2D eigenvalue weighted by atomic mass is 35.5. The van der Waals surface area contributed by atoms with Crippen LogP contribution in [0.4, 0.5) is 0 Å². The van der Waals surface area contributed by atoms with Crippen molar-refractivity contribution < 1.29 is 9.59 Å². The third kappa shape index (κ3) is 4.32. The lowest BCUT2D eigenvalue weighted by atomic mass is 10.0. The molecule has 1 aromatic carbocycles. The van der Waals surface area contributed by atoms with Crippen molar-refractivity contribution in [1.82, 2.24) is 4.90 Å². The molecule has 112 valence electrons. The van der Waals surface area contributed by atoms with Gasteiger partial charge >= 0.3 is 0 Å². The Hall–Kier alpha value is -1.32. The number of rotatable bonds is 2. The minimum Gasteiger partial charge on any atom is -0.339 e. The van der Waals surface area contributed by atoms with E-state index in [2.05, 4.69) is 0 Å². The first-order valence-electron chi connectivity index (χ1n) is 6.92. The lowest BCUT2D eigenvalue weighted by Gasteiger charge is -2.17. The predicted molar refractivity (Wildman–Crippen MR) is 85.5 cm³/mol. The summed E-state index contributed by atoms with van der Waals surface area (Å²) in [5.41, 5.74) is 0.817. The van der Waals surface area contributed by atoms with E-state index in [9.17, 15) is 9.59 Å². The number of halogens is 2. The van der Waals surface area contributed by atoms with Crippen LogP contribution in [0, 0.1) is 5.92 Å². The molecule has 1 aliphatic heterocycles. The van der Waals surface area contributed by atoms with E-state index < -0.39 is 0 Å². The van der Waals surface area contributed by atoms with Crippen molar-refractivity contribution in [2.24, 2.45) is 5.92 Å². The van der Waals surface area contributed by atoms with Gasteiger partial charge in [0.25, 0.3) is 0 Å². The Morgan fingerprint density at radius 3 is 2.76 bits per heavy atom. The van der Waals surface area contributed by atoms with E-state index in [1.54, 1.807) is 29.2 Å². The number of hydrogen-bond acceptors (Lipinski definition) is 2. The third-order valence-corrected chi connectivity index (χ3v) is 4.42. The zero-order chi connectivity index (χ0) is 15.4. The molecule has 0 spiro atoms. The molecule has 0 saturated carbocycles. The summed E-state index contributed by atoms with van der Waals surface area (Å²) in [6, 6.07) is 5.20. The van der Waals surface area contributed by atoms with Crippen molar-refractivity contribution in [2.45, 2.75) is 19.8 Å². The highest BCUT2D eigenvalue weighted by molar-refractivity contribution is 6.42. The van der Waals surface area contributed by atoms with Gasteiger partial charge in [-0.15, -0.1) is 0 Å². The van der Waals surface area contributed by atoms with Gasteiger partial charge in [0.2, 0.25) is 5.91 Å². The number of carbonyl (C=O) groups is 2. The maximum absolute atomic E-state index is 12.2. The SMILES string of the molecule is CC1CCN(C(=O)C=Cc2ccc(Cl)c(Cl)c2)CCC1=O. The summed E-state index contributed by atoms with van der Waals surface area (Å²) in [7, 11) is 0. The number of nitrogens with zero attached hydrogens (tertiary/aromatic N) is 1. The topological polar surface area (TPSA) is 37.4 Å². The largest absolute Gasteiger partial charge is 0.339 e. The molecule has 0 bridgehead atoms. The molecule has 0 N–H and O–H groups in total. The molecule has 3 nitrogen and oxygen atoms in total. The molecular weight excluding hydrogens is 309 g/mol. The van der Waals surface area contributed by atoms with E-state index in [0.29, 0.717) is 29.6 Å². The van der Waals surface area contributed by atoms with Crippen LogP contribution in [0.5, 0.6) is 0 Å². The van der Waals surface area contributed by atoms with Crippen LogP contribution in [0.1, 0.15) is 25.3 Å². The summed E-state index contributed by atoms with van der Waals surface area (Å²) in [6.07, 6.45) is 4.39. The molecule has 0 aromatic heterocycles. The van der Waals surface area contributed by atoms with Gasteiger partial charge in [-0.25, -0.2) is 0 Å². The summed E-state index contributed by atoms with van der Waals surface area (Å²) >= 11 is 11.8. The van der Waals surface area contributed by atoms with Crippen LogP contribution >= 0.6 is 23.2 Å². The molecule has 0 aliphatic carbocycles. The quantitative estimate of drug-likeness (QED) is 0.775. The minimum absolute atomic E-state index is 0.0434. The smallest absolute Gasteiger partial charge is 0.246 e. The lowest BCUT2D eigenvalue weighted by Crippen LogP contribution is -2.30. The standard InChI is InChI=1S/C16H17Cl2NO2/c1-11-6-8-19(9-7-15(11)20)16(21)5-3-12-2-4-13(17)14(18)10-12/h2-5,10-11H,6-9H2,1H3. The van der Waals surface area contributed by atoms with Crippen LogP contribution in [0.3, 0.4) is 0 Å². The van der Waals surface area contributed by atoms with E-state index in [1.807, 2.05) is 6.92 Å². The second-order valence-corrected chi connectivity index (χ2v) is 6.05. The molecule has 0 radical (unpaired) electrons. The van der Waals surface area contributed by atoms with E-state index >= 15 is 0 Å². The number of benzene rings is 1. The molecule has 1 aromatic rings. The van der Waals surface area contributed by atoms with Crippen molar-refractivity contribution in [2.75, 3.05) is 13.1 Å². The Labute approximate surface area is 134 Å². The van der Waals surface area contributed by atoms with E-state index in [-0.39, 0.29) is 17.6 Å². The minimum atomic E-state index is -0.0806. The van der Waals surface area contributed by atoms with Gasteiger partial charge in [0, 0.05) is 31.5 Å². The van der Waals surface area contributed by atoms with Crippen molar-refractivity contribution in [3.8, 4) is 0 Å². The highest BCUT2D eigenvalue weighted by Crippen LogP contribution is 2.23. The fraction of sp³-hybridized carbons (Fsp3) is 0.375. The fourth-order valence-electron chi connectivity index (χ4n) is 2.22. The first-order valence-corrected chi connectivity index (χ1v) is 7.67. The van der Waals surface area contributed by atoms with Crippen LogP contribution in [0.2, 0.25) is 10.0 Å². The molecule has 1 unspecified atom stereocenters. The molecule has 5 heteroatoms. The molecule has 1 heterocycles. The second-order valence-electron chi connectivity index (χ2n) is 5.24. The second kappa shape index (κ2) is 7.10. The van der Waals surface area contributed by atoms with Crippen LogP contribution in [0.15, 0.2) is 24.3 Å². The Balaban J connectivity index is 2.01. The Kier molecular flexibility index (Phi) is 5.43. The van der Waals surface area contributed by atoms with E-state index in [0.717, 1.165) is 12.0 Å².